The van der Waals surface area contributed by atoms with Gasteiger partial charge in [0.05, 0.1) is 12.2 Å². The summed E-state index contributed by atoms with van der Waals surface area (Å²) in [7, 11) is 1.67. The Morgan fingerprint density at radius 3 is 2.82 bits per heavy atom. The van der Waals surface area contributed by atoms with Gasteiger partial charge in [0.2, 0.25) is 0 Å². The van der Waals surface area contributed by atoms with Crippen LogP contribution in [0.25, 0.3) is 0 Å². The van der Waals surface area contributed by atoms with E-state index in [1.807, 2.05) is 17.5 Å². The quantitative estimate of drug-likeness (QED) is 0.885. The molecule has 1 atom stereocenters. The minimum atomic E-state index is -1.56. The summed E-state index contributed by atoms with van der Waals surface area (Å²) in [4.78, 5) is 27.6. The van der Waals surface area contributed by atoms with Gasteiger partial charge in [-0.3, -0.25) is 9.59 Å². The van der Waals surface area contributed by atoms with Crippen LogP contribution in [0.15, 0.2) is 41.8 Å². The largest absolute Gasteiger partial charge is 0.466 e. The highest BCUT2D eigenvalue weighted by atomic mass is 32.1. The third-order valence-corrected chi connectivity index (χ3v) is 4.47. The van der Waals surface area contributed by atoms with Crippen LogP contribution in [0.5, 0.6) is 5.75 Å². The number of amides is 2. The van der Waals surface area contributed by atoms with E-state index in [0.29, 0.717) is 18.0 Å². The van der Waals surface area contributed by atoms with Gasteiger partial charge in [-0.25, -0.2) is 0 Å². The Morgan fingerprint density at radius 1 is 1.32 bits per heavy atom. The maximum atomic E-state index is 12.7. The SMILES string of the molecule is CN(Cc1cccs1)C(=O)C1(C)Oc2ccccc2NC1=O. The number of carbonyl (C=O) groups excluding carboxylic acids is 2. The van der Waals surface area contributed by atoms with Gasteiger partial charge in [-0.2, -0.15) is 0 Å². The molecule has 2 heterocycles. The first-order chi connectivity index (χ1) is 10.5. The molecule has 0 radical (unpaired) electrons. The number of benzene rings is 1. The lowest BCUT2D eigenvalue weighted by Crippen LogP contribution is -2.58. The molecule has 1 unspecified atom stereocenters. The zero-order chi connectivity index (χ0) is 15.7. The molecule has 1 aromatic carbocycles. The molecule has 2 amide bonds. The van der Waals surface area contributed by atoms with E-state index in [1.54, 1.807) is 42.6 Å². The number of rotatable bonds is 3. The zero-order valence-corrected chi connectivity index (χ0v) is 13.1. The van der Waals surface area contributed by atoms with E-state index >= 15 is 0 Å². The summed E-state index contributed by atoms with van der Waals surface area (Å²) < 4.78 is 5.73. The van der Waals surface area contributed by atoms with Crippen molar-refractivity contribution in [2.45, 2.75) is 19.1 Å². The van der Waals surface area contributed by atoms with E-state index in [-0.39, 0.29) is 5.91 Å². The number of hydrogen-bond donors (Lipinski definition) is 1. The monoisotopic (exact) mass is 316 g/mol. The van der Waals surface area contributed by atoms with Crippen LogP contribution in [0.4, 0.5) is 5.69 Å². The number of ether oxygens (including phenoxy) is 1. The normalized spacial score (nSPS) is 19.8. The van der Waals surface area contributed by atoms with Gasteiger partial charge in [0.15, 0.2) is 0 Å². The standard InChI is InChI=1S/C16H16N2O3S/c1-16(15(20)18(2)10-11-6-5-9-22-11)14(19)17-12-7-3-4-8-13(12)21-16/h3-9H,10H2,1-2H3,(H,17,19). The number of likely N-dealkylation sites (N-methyl/N-ethyl adjacent to an activating group) is 1. The average molecular weight is 316 g/mol. The Hall–Kier alpha value is -2.34. The summed E-state index contributed by atoms with van der Waals surface area (Å²) in [6.45, 7) is 1.95. The maximum Gasteiger partial charge on any atom is 0.278 e. The highest BCUT2D eigenvalue weighted by Crippen LogP contribution is 2.34. The molecule has 1 aliphatic heterocycles. The van der Waals surface area contributed by atoms with Crippen molar-refractivity contribution in [3.05, 3.63) is 46.7 Å². The molecule has 6 heteroatoms. The van der Waals surface area contributed by atoms with Crippen LogP contribution in [0.2, 0.25) is 0 Å². The van der Waals surface area contributed by atoms with Crippen molar-refractivity contribution in [2.24, 2.45) is 0 Å². The summed E-state index contributed by atoms with van der Waals surface area (Å²) in [5.74, 6) is -0.315. The molecular formula is C16H16N2O3S. The fraction of sp³-hybridized carbons (Fsp3) is 0.250. The van der Waals surface area contributed by atoms with E-state index in [4.69, 9.17) is 4.74 Å². The van der Waals surface area contributed by atoms with E-state index < -0.39 is 11.5 Å². The lowest BCUT2D eigenvalue weighted by atomic mass is 10.0. The van der Waals surface area contributed by atoms with Gasteiger partial charge in [-0.1, -0.05) is 18.2 Å². The topological polar surface area (TPSA) is 58.6 Å². The first-order valence-electron chi connectivity index (χ1n) is 6.88. The highest BCUT2D eigenvalue weighted by molar-refractivity contribution is 7.09. The number of para-hydroxylation sites is 2. The molecule has 1 aliphatic rings. The number of hydrogen-bond acceptors (Lipinski definition) is 4. The minimum Gasteiger partial charge on any atom is -0.466 e. The Balaban J connectivity index is 1.83. The van der Waals surface area contributed by atoms with Gasteiger partial charge in [0, 0.05) is 11.9 Å². The Bertz CT molecular complexity index is 714. The second-order valence-electron chi connectivity index (χ2n) is 5.33. The molecule has 22 heavy (non-hydrogen) atoms. The number of carbonyl (C=O) groups is 2. The Kier molecular flexibility index (Phi) is 3.62. The van der Waals surface area contributed by atoms with Crippen molar-refractivity contribution in [3.63, 3.8) is 0 Å². The summed E-state index contributed by atoms with van der Waals surface area (Å²) in [5, 5.41) is 4.69. The van der Waals surface area contributed by atoms with Crippen LogP contribution in [0.1, 0.15) is 11.8 Å². The fourth-order valence-electron chi connectivity index (χ4n) is 2.38. The predicted molar refractivity (Wildman–Crippen MR) is 84.9 cm³/mol. The fourth-order valence-corrected chi connectivity index (χ4v) is 3.14. The molecule has 0 aliphatic carbocycles. The van der Waals surface area contributed by atoms with Gasteiger partial charge >= 0.3 is 0 Å². The average Bonchev–Trinajstić information content (AvgIpc) is 3.00. The van der Waals surface area contributed by atoms with E-state index in [0.717, 1.165) is 4.88 Å². The lowest BCUT2D eigenvalue weighted by Gasteiger charge is -2.35. The molecule has 1 N–H and O–H groups in total. The van der Waals surface area contributed by atoms with Crippen LogP contribution in [-0.2, 0) is 16.1 Å². The second kappa shape index (κ2) is 5.46. The van der Waals surface area contributed by atoms with Crippen LogP contribution >= 0.6 is 11.3 Å². The van der Waals surface area contributed by atoms with Gasteiger partial charge in [-0.15, -0.1) is 11.3 Å². The third-order valence-electron chi connectivity index (χ3n) is 3.61. The molecule has 114 valence electrons. The number of anilines is 1. The molecule has 0 saturated heterocycles. The number of fused-ring (bicyclic) bond motifs is 1. The van der Waals surface area contributed by atoms with Gasteiger partial charge in [0.1, 0.15) is 5.75 Å². The van der Waals surface area contributed by atoms with E-state index in [1.165, 1.54) is 11.8 Å². The second-order valence-corrected chi connectivity index (χ2v) is 6.36. The minimum absolute atomic E-state index is 0.368. The van der Waals surface area contributed by atoms with Crippen molar-refractivity contribution in [2.75, 3.05) is 12.4 Å². The number of nitrogens with one attached hydrogen (secondary N) is 1. The van der Waals surface area contributed by atoms with Crippen molar-refractivity contribution >= 4 is 28.8 Å². The summed E-state index contributed by atoms with van der Waals surface area (Å²) >= 11 is 1.57. The van der Waals surface area contributed by atoms with Crippen molar-refractivity contribution < 1.29 is 14.3 Å². The van der Waals surface area contributed by atoms with Gasteiger partial charge in [0.25, 0.3) is 17.4 Å². The molecular weight excluding hydrogens is 300 g/mol. The number of nitrogens with zero attached hydrogens (tertiary/aromatic N) is 1. The zero-order valence-electron chi connectivity index (χ0n) is 12.3. The molecule has 0 fully saturated rings. The molecule has 0 bridgehead atoms. The molecule has 1 aromatic heterocycles. The summed E-state index contributed by atoms with van der Waals surface area (Å²) in [6.07, 6.45) is 0. The predicted octanol–water partition coefficient (Wildman–Crippen LogP) is 2.50. The summed E-state index contributed by atoms with van der Waals surface area (Å²) in [5.41, 5.74) is -0.973. The Morgan fingerprint density at radius 2 is 2.09 bits per heavy atom. The van der Waals surface area contributed by atoms with E-state index in [2.05, 4.69) is 5.32 Å². The Labute approximate surface area is 132 Å². The van der Waals surface area contributed by atoms with Crippen molar-refractivity contribution in [1.29, 1.82) is 0 Å². The van der Waals surface area contributed by atoms with E-state index in [9.17, 15) is 9.59 Å². The van der Waals surface area contributed by atoms with Gasteiger partial charge in [-0.05, 0) is 30.5 Å². The summed E-state index contributed by atoms with van der Waals surface area (Å²) in [6, 6.07) is 11.0. The first kappa shape index (κ1) is 14.6. The lowest BCUT2D eigenvalue weighted by molar-refractivity contribution is -0.153. The van der Waals surface area contributed by atoms with Crippen molar-refractivity contribution in [1.82, 2.24) is 4.90 Å². The maximum absolute atomic E-state index is 12.7. The molecule has 3 rings (SSSR count). The highest BCUT2D eigenvalue weighted by Gasteiger charge is 2.48. The van der Waals surface area contributed by atoms with Crippen LogP contribution in [-0.4, -0.2) is 29.4 Å². The first-order valence-corrected chi connectivity index (χ1v) is 7.76. The van der Waals surface area contributed by atoms with Crippen LogP contribution in [0, 0.1) is 0 Å². The molecule has 0 spiro atoms. The van der Waals surface area contributed by atoms with Crippen LogP contribution in [0.3, 0.4) is 0 Å². The van der Waals surface area contributed by atoms with Crippen LogP contribution < -0.4 is 10.1 Å². The van der Waals surface area contributed by atoms with Crippen molar-refractivity contribution in [3.8, 4) is 5.75 Å². The smallest absolute Gasteiger partial charge is 0.278 e. The van der Waals surface area contributed by atoms with Gasteiger partial charge < -0.3 is 15.0 Å². The number of thiophene rings is 1. The molecule has 0 saturated carbocycles. The third kappa shape index (κ3) is 2.46. The molecule has 5 nitrogen and oxygen atoms in total. The molecule has 2 aromatic rings.